The van der Waals surface area contributed by atoms with Gasteiger partial charge in [-0.2, -0.15) is 18.4 Å². The second-order valence-electron chi connectivity index (χ2n) is 2.12. The fourth-order valence-corrected chi connectivity index (χ4v) is 1.23. The molecule has 0 aliphatic carbocycles. The summed E-state index contributed by atoms with van der Waals surface area (Å²) in [5.41, 5.74) is 10.5. The molecule has 4 N–H and O–H groups in total. The highest BCUT2D eigenvalue weighted by Gasteiger charge is 2.17. The van der Waals surface area contributed by atoms with Crippen LogP contribution in [0.1, 0.15) is 0 Å². The summed E-state index contributed by atoms with van der Waals surface area (Å²) in [6, 6.07) is 1.24. The first-order valence-electron chi connectivity index (χ1n) is 3.16. The molecule has 0 fully saturated rings. The highest BCUT2D eigenvalue weighted by Crippen LogP contribution is 2.10. The number of hydrogen-bond donors (Lipinski definition) is 2. The van der Waals surface area contributed by atoms with E-state index in [0.717, 1.165) is 7.11 Å². The van der Waals surface area contributed by atoms with Gasteiger partial charge in [0.15, 0.2) is 0 Å². The minimum absolute atomic E-state index is 0.0249. The van der Waals surface area contributed by atoms with Gasteiger partial charge in [0.25, 0.3) is 5.16 Å². The Hall–Kier alpha value is -1.41. The average Bonchev–Trinajstić information content (AvgIpc) is 2.02. The van der Waals surface area contributed by atoms with E-state index in [1.54, 1.807) is 0 Å². The molecule has 1 heterocycles. The summed E-state index contributed by atoms with van der Waals surface area (Å²) < 4.78 is 26.3. The molecule has 0 aliphatic heterocycles. The molecular formula is C5H8N4O3S. The van der Waals surface area contributed by atoms with E-state index in [-0.39, 0.29) is 11.6 Å². The number of nitrogens with two attached hydrogens (primary N) is 2. The lowest BCUT2D eigenvalue weighted by atomic mass is 10.5. The first kappa shape index (κ1) is 9.68. The monoisotopic (exact) mass is 204 g/mol. The van der Waals surface area contributed by atoms with Gasteiger partial charge in [-0.05, 0) is 0 Å². The van der Waals surface area contributed by atoms with E-state index in [2.05, 4.69) is 14.2 Å². The van der Waals surface area contributed by atoms with Gasteiger partial charge in [-0.1, -0.05) is 0 Å². The number of rotatable bonds is 2. The van der Waals surface area contributed by atoms with Gasteiger partial charge in [0.2, 0.25) is 0 Å². The summed E-state index contributed by atoms with van der Waals surface area (Å²) in [4.78, 5) is 6.90. The minimum atomic E-state index is -3.93. The van der Waals surface area contributed by atoms with E-state index in [1.807, 2.05) is 0 Å². The van der Waals surface area contributed by atoms with Gasteiger partial charge in [-0.15, -0.1) is 0 Å². The van der Waals surface area contributed by atoms with Gasteiger partial charge in [0, 0.05) is 6.07 Å². The Bertz CT molecular complexity index is 396. The molecule has 0 bridgehead atoms. The maximum absolute atomic E-state index is 11.0. The molecule has 1 aromatic rings. The highest BCUT2D eigenvalue weighted by atomic mass is 32.2. The number of hydrogen-bond acceptors (Lipinski definition) is 7. The normalized spacial score (nSPS) is 11.5. The molecule has 1 rings (SSSR count). The highest BCUT2D eigenvalue weighted by molar-refractivity contribution is 7.86. The zero-order chi connectivity index (χ0) is 10.1. The van der Waals surface area contributed by atoms with Crippen LogP contribution >= 0.6 is 0 Å². The molecule has 7 nitrogen and oxygen atoms in total. The molecule has 0 saturated heterocycles. The van der Waals surface area contributed by atoms with Crippen molar-refractivity contribution in [1.82, 2.24) is 9.97 Å². The molecule has 0 atom stereocenters. The molecule has 8 heteroatoms. The fourth-order valence-electron chi connectivity index (χ4n) is 0.648. The van der Waals surface area contributed by atoms with Crippen molar-refractivity contribution in [2.75, 3.05) is 18.6 Å². The predicted molar refractivity (Wildman–Crippen MR) is 45.1 cm³/mol. The molecule has 0 unspecified atom stereocenters. The quantitative estimate of drug-likeness (QED) is 0.466. The Labute approximate surface area is 74.9 Å². The molecule has 0 saturated carbocycles. The van der Waals surface area contributed by atoms with E-state index in [9.17, 15) is 8.42 Å². The van der Waals surface area contributed by atoms with Crippen LogP contribution in [-0.2, 0) is 14.3 Å². The maximum Gasteiger partial charge on any atom is 0.332 e. The maximum atomic E-state index is 11.0. The lowest BCUT2D eigenvalue weighted by Gasteiger charge is -2.01. The van der Waals surface area contributed by atoms with Crippen molar-refractivity contribution in [3.63, 3.8) is 0 Å². The van der Waals surface area contributed by atoms with E-state index in [0.29, 0.717) is 0 Å². The van der Waals surface area contributed by atoms with Crippen LogP contribution in [0.3, 0.4) is 0 Å². The van der Waals surface area contributed by atoms with E-state index >= 15 is 0 Å². The molecule has 72 valence electrons. The van der Waals surface area contributed by atoms with Gasteiger partial charge >= 0.3 is 10.1 Å². The summed E-state index contributed by atoms with van der Waals surface area (Å²) in [5.74, 6) is -0.0498. The Morgan fingerprint density at radius 2 is 1.77 bits per heavy atom. The van der Waals surface area contributed by atoms with Crippen molar-refractivity contribution in [1.29, 1.82) is 0 Å². The third-order valence-corrected chi connectivity index (χ3v) is 2.26. The molecule has 0 radical (unpaired) electrons. The smallest absolute Gasteiger partial charge is 0.332 e. The van der Waals surface area contributed by atoms with Crippen LogP contribution in [0, 0.1) is 0 Å². The van der Waals surface area contributed by atoms with Crippen molar-refractivity contribution in [2.45, 2.75) is 5.16 Å². The summed E-state index contributed by atoms with van der Waals surface area (Å²) >= 11 is 0. The number of aromatic nitrogens is 2. The van der Waals surface area contributed by atoms with E-state index in [1.165, 1.54) is 6.07 Å². The summed E-state index contributed by atoms with van der Waals surface area (Å²) in [6.45, 7) is 0. The first-order valence-corrected chi connectivity index (χ1v) is 4.57. The van der Waals surface area contributed by atoms with Crippen LogP contribution < -0.4 is 11.5 Å². The van der Waals surface area contributed by atoms with Gasteiger partial charge in [-0.3, -0.25) is 4.18 Å². The zero-order valence-electron chi connectivity index (χ0n) is 6.76. The number of nitrogen functional groups attached to an aromatic ring is 2. The standard InChI is InChI=1S/C5H8N4O3S/c1-12-13(10,11)5-8-3(6)2-4(7)9-5/h2H,1H3,(H4,6,7,8,9). The summed E-state index contributed by atoms with van der Waals surface area (Å²) in [5, 5.41) is -0.535. The van der Waals surface area contributed by atoms with Crippen LogP contribution in [0.2, 0.25) is 0 Å². The largest absolute Gasteiger partial charge is 0.383 e. The number of nitrogens with zero attached hydrogens (tertiary/aromatic N) is 2. The van der Waals surface area contributed by atoms with Crippen molar-refractivity contribution < 1.29 is 12.6 Å². The summed E-state index contributed by atoms with van der Waals surface area (Å²) in [6.07, 6.45) is 0. The molecular weight excluding hydrogens is 196 g/mol. The Kier molecular flexibility index (Phi) is 2.34. The Morgan fingerprint density at radius 1 is 1.31 bits per heavy atom. The van der Waals surface area contributed by atoms with Gasteiger partial charge in [0.1, 0.15) is 11.6 Å². The van der Waals surface area contributed by atoms with E-state index in [4.69, 9.17) is 11.5 Å². The van der Waals surface area contributed by atoms with Crippen LogP contribution in [0.4, 0.5) is 11.6 Å². The molecule has 0 spiro atoms. The topological polar surface area (TPSA) is 121 Å². The molecule has 1 aromatic heterocycles. The summed E-state index contributed by atoms with van der Waals surface area (Å²) in [7, 11) is -2.93. The lowest BCUT2D eigenvalue weighted by molar-refractivity contribution is 0.392. The average molecular weight is 204 g/mol. The lowest BCUT2D eigenvalue weighted by Crippen LogP contribution is -2.11. The van der Waals surface area contributed by atoms with Gasteiger partial charge < -0.3 is 11.5 Å². The third-order valence-electron chi connectivity index (χ3n) is 1.19. The first-order chi connectivity index (χ1) is 5.95. The molecule has 0 aliphatic rings. The molecule has 0 amide bonds. The Balaban J connectivity index is 3.32. The van der Waals surface area contributed by atoms with Crippen LogP contribution in [0.5, 0.6) is 0 Å². The molecule has 0 aromatic carbocycles. The Morgan fingerprint density at radius 3 is 2.15 bits per heavy atom. The van der Waals surface area contributed by atoms with Crippen molar-refractivity contribution in [3.05, 3.63) is 6.07 Å². The zero-order valence-corrected chi connectivity index (χ0v) is 7.58. The second kappa shape index (κ2) is 3.15. The minimum Gasteiger partial charge on any atom is -0.383 e. The van der Waals surface area contributed by atoms with E-state index < -0.39 is 15.3 Å². The van der Waals surface area contributed by atoms with Gasteiger partial charge in [-0.25, -0.2) is 0 Å². The SMILES string of the molecule is COS(=O)(=O)c1nc(N)cc(N)n1. The van der Waals surface area contributed by atoms with Crippen molar-refractivity contribution in [2.24, 2.45) is 0 Å². The second-order valence-corrected chi connectivity index (χ2v) is 3.73. The van der Waals surface area contributed by atoms with Crippen LogP contribution in [0.25, 0.3) is 0 Å². The van der Waals surface area contributed by atoms with Gasteiger partial charge in [0.05, 0.1) is 7.11 Å². The van der Waals surface area contributed by atoms with Crippen LogP contribution in [-0.4, -0.2) is 25.5 Å². The molecule has 13 heavy (non-hydrogen) atoms. The third kappa shape index (κ3) is 2.04. The van der Waals surface area contributed by atoms with Crippen molar-refractivity contribution >= 4 is 21.8 Å². The van der Waals surface area contributed by atoms with Crippen LogP contribution in [0.15, 0.2) is 11.2 Å². The van der Waals surface area contributed by atoms with Crippen molar-refractivity contribution in [3.8, 4) is 0 Å². The predicted octanol–water partition coefficient (Wildman–Crippen LogP) is -1.02. The fraction of sp³-hybridized carbons (Fsp3) is 0.200. The number of anilines is 2.